The first-order valence-electron chi connectivity index (χ1n) is 9.06. The topological polar surface area (TPSA) is 89.9 Å². The molecule has 6 heteroatoms. The Morgan fingerprint density at radius 2 is 1.68 bits per heavy atom. The molecular weight excluding hydrogens is 320 g/mol. The second-order valence-corrected chi connectivity index (χ2v) is 7.17. The lowest BCUT2D eigenvalue weighted by Gasteiger charge is -2.38. The van der Waals surface area contributed by atoms with Crippen LogP contribution in [0.15, 0.2) is 30.3 Å². The number of amides is 2. The standard InChI is InChI=1S/C19H26N2O4/c22-15-6-7-16(17(12-15)18(23)20-25)19(24)21-10-8-14(9-11-21)13-4-2-1-3-5-13/h1-5,14-17,22,25H,6-12H2,(H,20,23)/t15-,16-,17-/m0/s1. The van der Waals surface area contributed by atoms with Gasteiger partial charge >= 0.3 is 0 Å². The Kier molecular flexibility index (Phi) is 5.71. The fourth-order valence-corrected chi connectivity index (χ4v) is 4.21. The van der Waals surface area contributed by atoms with Gasteiger partial charge in [0.1, 0.15) is 0 Å². The molecule has 1 aromatic carbocycles. The minimum Gasteiger partial charge on any atom is -0.393 e. The number of carbonyl (C=O) groups is 2. The summed E-state index contributed by atoms with van der Waals surface area (Å²) in [5.74, 6) is -1.24. The van der Waals surface area contributed by atoms with Gasteiger partial charge in [0.25, 0.3) is 0 Å². The van der Waals surface area contributed by atoms with Crippen LogP contribution >= 0.6 is 0 Å². The molecule has 2 fully saturated rings. The number of piperidine rings is 1. The highest BCUT2D eigenvalue weighted by atomic mass is 16.5. The second-order valence-electron chi connectivity index (χ2n) is 7.17. The quantitative estimate of drug-likeness (QED) is 0.574. The monoisotopic (exact) mass is 346 g/mol. The number of nitrogens with zero attached hydrogens (tertiary/aromatic N) is 1. The van der Waals surface area contributed by atoms with E-state index in [1.54, 1.807) is 5.48 Å². The van der Waals surface area contributed by atoms with Crippen LogP contribution < -0.4 is 5.48 Å². The molecule has 0 aromatic heterocycles. The Labute approximate surface area is 147 Å². The Morgan fingerprint density at radius 1 is 1.00 bits per heavy atom. The number of hydrogen-bond acceptors (Lipinski definition) is 4. The van der Waals surface area contributed by atoms with E-state index >= 15 is 0 Å². The maximum Gasteiger partial charge on any atom is 0.247 e. The zero-order valence-corrected chi connectivity index (χ0v) is 14.3. The van der Waals surface area contributed by atoms with Gasteiger partial charge < -0.3 is 10.0 Å². The Hall–Kier alpha value is -1.92. The molecule has 2 amide bonds. The molecule has 2 aliphatic rings. The van der Waals surface area contributed by atoms with E-state index in [4.69, 9.17) is 5.21 Å². The van der Waals surface area contributed by atoms with Gasteiger partial charge in [0.15, 0.2) is 0 Å². The van der Waals surface area contributed by atoms with E-state index in [1.807, 2.05) is 23.1 Å². The summed E-state index contributed by atoms with van der Waals surface area (Å²) >= 11 is 0. The average molecular weight is 346 g/mol. The molecule has 1 heterocycles. The molecule has 1 aliphatic heterocycles. The fraction of sp³-hybridized carbons (Fsp3) is 0.579. The molecule has 0 bridgehead atoms. The van der Waals surface area contributed by atoms with Crippen LogP contribution in [0.3, 0.4) is 0 Å². The first kappa shape index (κ1) is 17.9. The molecule has 1 aromatic rings. The average Bonchev–Trinajstić information content (AvgIpc) is 2.67. The Bertz CT molecular complexity index is 599. The lowest BCUT2D eigenvalue weighted by atomic mass is 9.76. The highest BCUT2D eigenvalue weighted by Crippen LogP contribution is 2.34. The van der Waals surface area contributed by atoms with Crippen molar-refractivity contribution in [3.8, 4) is 0 Å². The van der Waals surface area contributed by atoms with Crippen molar-refractivity contribution in [1.82, 2.24) is 10.4 Å². The Balaban J connectivity index is 1.62. The third-order valence-electron chi connectivity index (χ3n) is 5.66. The van der Waals surface area contributed by atoms with Gasteiger partial charge in [-0.2, -0.15) is 0 Å². The van der Waals surface area contributed by atoms with E-state index < -0.39 is 23.8 Å². The molecule has 1 saturated heterocycles. The molecule has 3 atom stereocenters. The molecule has 0 spiro atoms. The van der Waals surface area contributed by atoms with Gasteiger partial charge in [-0.15, -0.1) is 0 Å². The fourth-order valence-electron chi connectivity index (χ4n) is 4.21. The van der Waals surface area contributed by atoms with E-state index in [9.17, 15) is 14.7 Å². The lowest BCUT2D eigenvalue weighted by Crippen LogP contribution is -2.48. The van der Waals surface area contributed by atoms with Gasteiger partial charge in [0.05, 0.1) is 12.0 Å². The van der Waals surface area contributed by atoms with Gasteiger partial charge in [-0.05, 0) is 43.6 Å². The van der Waals surface area contributed by atoms with Crippen LogP contribution in [-0.4, -0.2) is 46.2 Å². The van der Waals surface area contributed by atoms with Crippen LogP contribution in [0.1, 0.15) is 43.6 Å². The number of hydroxylamine groups is 1. The number of nitrogens with one attached hydrogen (secondary N) is 1. The van der Waals surface area contributed by atoms with Crippen molar-refractivity contribution >= 4 is 11.8 Å². The number of aliphatic hydroxyl groups is 1. The van der Waals surface area contributed by atoms with E-state index in [1.165, 1.54) is 5.56 Å². The molecular formula is C19H26N2O4. The highest BCUT2D eigenvalue weighted by Gasteiger charge is 2.41. The predicted octanol–water partition coefficient (Wildman–Crippen LogP) is 1.68. The van der Waals surface area contributed by atoms with E-state index in [-0.39, 0.29) is 12.3 Å². The molecule has 0 radical (unpaired) electrons. The molecule has 6 nitrogen and oxygen atoms in total. The maximum absolute atomic E-state index is 12.9. The minimum absolute atomic E-state index is 0.0213. The van der Waals surface area contributed by atoms with Crippen molar-refractivity contribution in [1.29, 1.82) is 0 Å². The maximum atomic E-state index is 12.9. The molecule has 3 rings (SSSR count). The van der Waals surface area contributed by atoms with Gasteiger partial charge in [-0.1, -0.05) is 30.3 Å². The third kappa shape index (κ3) is 4.02. The molecule has 1 saturated carbocycles. The molecule has 25 heavy (non-hydrogen) atoms. The number of aliphatic hydroxyl groups excluding tert-OH is 1. The van der Waals surface area contributed by atoms with Crippen molar-refractivity contribution in [2.75, 3.05) is 13.1 Å². The molecule has 3 N–H and O–H groups in total. The van der Waals surface area contributed by atoms with Crippen molar-refractivity contribution in [2.45, 2.75) is 44.1 Å². The normalized spacial score (nSPS) is 27.8. The first-order chi connectivity index (χ1) is 12.1. The highest BCUT2D eigenvalue weighted by molar-refractivity contribution is 5.87. The number of benzene rings is 1. The van der Waals surface area contributed by atoms with Crippen LogP contribution in [0, 0.1) is 11.8 Å². The first-order valence-corrected chi connectivity index (χ1v) is 9.06. The second kappa shape index (κ2) is 7.97. The van der Waals surface area contributed by atoms with Gasteiger partial charge in [-0.3, -0.25) is 14.8 Å². The summed E-state index contributed by atoms with van der Waals surface area (Å²) in [7, 11) is 0. The van der Waals surface area contributed by atoms with Crippen LogP contribution in [0.4, 0.5) is 0 Å². The third-order valence-corrected chi connectivity index (χ3v) is 5.66. The van der Waals surface area contributed by atoms with Gasteiger partial charge in [0.2, 0.25) is 11.8 Å². The van der Waals surface area contributed by atoms with Crippen LogP contribution in [0.5, 0.6) is 0 Å². The Morgan fingerprint density at radius 3 is 2.32 bits per heavy atom. The van der Waals surface area contributed by atoms with Crippen LogP contribution in [-0.2, 0) is 9.59 Å². The summed E-state index contributed by atoms with van der Waals surface area (Å²) in [6.07, 6.45) is 2.48. The summed E-state index contributed by atoms with van der Waals surface area (Å²) in [4.78, 5) is 26.7. The van der Waals surface area contributed by atoms with Crippen molar-refractivity contribution < 1.29 is 19.9 Å². The van der Waals surface area contributed by atoms with Crippen molar-refractivity contribution in [2.24, 2.45) is 11.8 Å². The molecule has 1 aliphatic carbocycles. The minimum atomic E-state index is -0.659. The summed E-state index contributed by atoms with van der Waals surface area (Å²) in [6.45, 7) is 1.37. The summed E-state index contributed by atoms with van der Waals surface area (Å²) in [6, 6.07) is 10.3. The lowest BCUT2D eigenvalue weighted by molar-refractivity contribution is -0.149. The van der Waals surface area contributed by atoms with Crippen molar-refractivity contribution in [3.05, 3.63) is 35.9 Å². The summed E-state index contributed by atoms with van der Waals surface area (Å²) < 4.78 is 0. The van der Waals surface area contributed by atoms with E-state index in [2.05, 4.69) is 12.1 Å². The molecule has 0 unspecified atom stereocenters. The number of carbonyl (C=O) groups excluding carboxylic acids is 2. The van der Waals surface area contributed by atoms with Gasteiger partial charge in [0, 0.05) is 19.0 Å². The van der Waals surface area contributed by atoms with E-state index in [0.29, 0.717) is 31.8 Å². The summed E-state index contributed by atoms with van der Waals surface area (Å²) in [5, 5.41) is 18.7. The van der Waals surface area contributed by atoms with Crippen LogP contribution in [0.2, 0.25) is 0 Å². The van der Waals surface area contributed by atoms with Crippen molar-refractivity contribution in [3.63, 3.8) is 0 Å². The van der Waals surface area contributed by atoms with E-state index in [0.717, 1.165) is 12.8 Å². The number of hydrogen-bond donors (Lipinski definition) is 3. The number of likely N-dealkylation sites (tertiary alicyclic amines) is 1. The number of rotatable bonds is 3. The van der Waals surface area contributed by atoms with Crippen LogP contribution in [0.25, 0.3) is 0 Å². The zero-order valence-electron chi connectivity index (χ0n) is 14.3. The zero-order chi connectivity index (χ0) is 17.8. The summed E-state index contributed by atoms with van der Waals surface area (Å²) in [5.41, 5.74) is 2.96. The SMILES string of the molecule is O=C(NO)[C@H]1C[C@@H](O)CC[C@@H]1C(=O)N1CCC(c2ccccc2)CC1. The largest absolute Gasteiger partial charge is 0.393 e. The smallest absolute Gasteiger partial charge is 0.247 e. The van der Waals surface area contributed by atoms with Gasteiger partial charge in [-0.25, -0.2) is 5.48 Å². The molecule has 136 valence electrons. The predicted molar refractivity (Wildman–Crippen MR) is 91.8 cm³/mol.